The number of benzene rings is 2. The highest BCUT2D eigenvalue weighted by molar-refractivity contribution is 9.10. The van der Waals surface area contributed by atoms with Gasteiger partial charge in [-0.05, 0) is 30.2 Å². The van der Waals surface area contributed by atoms with Crippen LogP contribution in [0.25, 0.3) is 0 Å². The summed E-state index contributed by atoms with van der Waals surface area (Å²) in [5.41, 5.74) is 3.39. The minimum Gasteiger partial charge on any atom is -0.351 e. The summed E-state index contributed by atoms with van der Waals surface area (Å²) in [4.78, 5) is 29.6. The quantitative estimate of drug-likeness (QED) is 0.419. The van der Waals surface area contributed by atoms with Crippen LogP contribution in [0.4, 0.5) is 0 Å². The van der Waals surface area contributed by atoms with E-state index in [1.54, 1.807) is 7.05 Å². The van der Waals surface area contributed by atoms with E-state index >= 15 is 0 Å². The number of aromatic nitrogens is 2. The van der Waals surface area contributed by atoms with Crippen LogP contribution in [-0.4, -0.2) is 21.2 Å². The summed E-state index contributed by atoms with van der Waals surface area (Å²) >= 11 is 4.69. The molecule has 0 unspecified atom stereocenters. The Labute approximate surface area is 182 Å². The zero-order valence-corrected chi connectivity index (χ0v) is 18.7. The first-order valence-electron chi connectivity index (χ1n) is 9.18. The summed E-state index contributed by atoms with van der Waals surface area (Å²) in [6.07, 6.45) is 0.529. The summed E-state index contributed by atoms with van der Waals surface area (Å²) in [5, 5.41) is 3.43. The molecule has 1 amide bonds. The van der Waals surface area contributed by atoms with Crippen molar-refractivity contribution < 1.29 is 4.79 Å². The van der Waals surface area contributed by atoms with Crippen LogP contribution in [0.1, 0.15) is 22.4 Å². The van der Waals surface area contributed by atoms with Crippen LogP contribution in [0.5, 0.6) is 0 Å². The predicted octanol–water partition coefficient (Wildman–Crippen LogP) is 3.85. The molecule has 0 aliphatic rings. The van der Waals surface area contributed by atoms with Gasteiger partial charge in [-0.3, -0.25) is 14.2 Å². The van der Waals surface area contributed by atoms with Gasteiger partial charge in [-0.1, -0.05) is 70.2 Å². The number of carbonyl (C=O) groups is 1. The van der Waals surface area contributed by atoms with Crippen molar-refractivity contribution >= 4 is 33.6 Å². The lowest BCUT2D eigenvalue weighted by molar-refractivity contribution is -0.118. The molecule has 0 radical (unpaired) electrons. The summed E-state index contributed by atoms with van der Waals surface area (Å²) in [6, 6.07) is 17.6. The van der Waals surface area contributed by atoms with Gasteiger partial charge in [0.05, 0.1) is 5.75 Å². The van der Waals surface area contributed by atoms with E-state index in [9.17, 15) is 9.59 Å². The van der Waals surface area contributed by atoms with Crippen molar-refractivity contribution in [3.63, 3.8) is 0 Å². The number of nitrogens with one attached hydrogen (secondary N) is 1. The van der Waals surface area contributed by atoms with Crippen molar-refractivity contribution in [1.29, 1.82) is 0 Å². The predicted molar refractivity (Wildman–Crippen MR) is 120 cm³/mol. The standard InChI is InChI=1S/C22H22BrN3O2S/c1-15-19(12-16-8-10-18(23)11-9-16)21(28)26(2)22(25-15)29-14-20(27)24-13-17-6-4-3-5-7-17/h3-11H,12-14H2,1-2H3,(H,24,27). The fraction of sp³-hybridized carbons (Fsp3) is 0.227. The third-order valence-corrected chi connectivity index (χ3v) is 6.07. The van der Waals surface area contributed by atoms with Gasteiger partial charge < -0.3 is 5.32 Å². The van der Waals surface area contributed by atoms with Gasteiger partial charge in [0.2, 0.25) is 5.91 Å². The average Bonchev–Trinajstić information content (AvgIpc) is 2.73. The third kappa shape index (κ3) is 5.81. The lowest BCUT2D eigenvalue weighted by atomic mass is 10.1. The van der Waals surface area contributed by atoms with Crippen LogP contribution < -0.4 is 10.9 Å². The van der Waals surface area contributed by atoms with Crippen LogP contribution in [0.2, 0.25) is 0 Å². The molecular weight excluding hydrogens is 450 g/mol. The monoisotopic (exact) mass is 471 g/mol. The molecule has 0 spiro atoms. The van der Waals surface area contributed by atoms with Crippen LogP contribution >= 0.6 is 27.7 Å². The molecule has 2 aromatic carbocycles. The number of nitrogens with zero attached hydrogens (tertiary/aromatic N) is 2. The van der Waals surface area contributed by atoms with Gasteiger partial charge in [0.1, 0.15) is 0 Å². The molecule has 1 heterocycles. The highest BCUT2D eigenvalue weighted by atomic mass is 79.9. The number of thioether (sulfide) groups is 1. The van der Waals surface area contributed by atoms with E-state index in [1.807, 2.05) is 61.5 Å². The van der Waals surface area contributed by atoms with Gasteiger partial charge in [0, 0.05) is 35.7 Å². The van der Waals surface area contributed by atoms with Crippen molar-refractivity contribution in [2.45, 2.75) is 25.0 Å². The molecule has 5 nitrogen and oxygen atoms in total. The molecule has 3 aromatic rings. The maximum atomic E-state index is 12.8. The largest absolute Gasteiger partial charge is 0.351 e. The lowest BCUT2D eigenvalue weighted by Crippen LogP contribution is -2.27. The molecule has 0 saturated carbocycles. The highest BCUT2D eigenvalue weighted by Gasteiger charge is 2.14. The van der Waals surface area contributed by atoms with Crippen LogP contribution in [0.3, 0.4) is 0 Å². The summed E-state index contributed by atoms with van der Waals surface area (Å²) in [6.45, 7) is 2.33. The Morgan fingerprint density at radius 3 is 2.48 bits per heavy atom. The second kappa shape index (κ2) is 9.89. The number of aryl methyl sites for hydroxylation is 1. The molecule has 0 aliphatic heterocycles. The van der Waals surface area contributed by atoms with Gasteiger partial charge in [-0.25, -0.2) is 4.98 Å². The molecule has 150 valence electrons. The normalized spacial score (nSPS) is 10.7. The van der Waals surface area contributed by atoms with Gasteiger partial charge >= 0.3 is 0 Å². The second-order valence-electron chi connectivity index (χ2n) is 6.68. The van der Waals surface area contributed by atoms with Crippen molar-refractivity contribution in [2.24, 2.45) is 7.05 Å². The smallest absolute Gasteiger partial charge is 0.257 e. The van der Waals surface area contributed by atoms with Crippen molar-refractivity contribution in [3.8, 4) is 0 Å². The molecule has 0 atom stereocenters. The SMILES string of the molecule is Cc1nc(SCC(=O)NCc2ccccc2)n(C)c(=O)c1Cc1ccc(Br)cc1. The molecule has 3 rings (SSSR count). The van der Waals surface area contributed by atoms with E-state index < -0.39 is 0 Å². The topological polar surface area (TPSA) is 64.0 Å². The Bertz CT molecular complexity index is 1050. The minimum atomic E-state index is -0.0929. The molecular formula is C22H22BrN3O2S. The van der Waals surface area contributed by atoms with E-state index in [0.717, 1.165) is 15.6 Å². The fourth-order valence-corrected chi connectivity index (χ4v) is 3.95. The molecule has 7 heteroatoms. The van der Waals surface area contributed by atoms with Crippen molar-refractivity contribution in [2.75, 3.05) is 5.75 Å². The first-order chi connectivity index (χ1) is 13.9. The number of hydrogen-bond acceptors (Lipinski definition) is 4. The maximum Gasteiger partial charge on any atom is 0.257 e. The number of rotatable bonds is 7. The molecule has 0 bridgehead atoms. The van der Waals surface area contributed by atoms with Crippen LogP contribution in [0.15, 0.2) is 69.0 Å². The van der Waals surface area contributed by atoms with Crippen molar-refractivity contribution in [1.82, 2.24) is 14.9 Å². The van der Waals surface area contributed by atoms with Crippen LogP contribution in [-0.2, 0) is 24.8 Å². The maximum absolute atomic E-state index is 12.8. The Morgan fingerprint density at radius 1 is 1.10 bits per heavy atom. The Kier molecular flexibility index (Phi) is 7.28. The molecule has 1 N–H and O–H groups in total. The first-order valence-corrected chi connectivity index (χ1v) is 11.0. The minimum absolute atomic E-state index is 0.0763. The number of amides is 1. The van der Waals surface area contributed by atoms with Crippen molar-refractivity contribution in [3.05, 3.63) is 91.8 Å². The number of hydrogen-bond donors (Lipinski definition) is 1. The number of halogens is 1. The summed E-state index contributed by atoms with van der Waals surface area (Å²) in [7, 11) is 1.70. The third-order valence-electron chi connectivity index (χ3n) is 4.51. The first kappa shape index (κ1) is 21.3. The van der Waals surface area contributed by atoms with E-state index in [1.165, 1.54) is 16.3 Å². The molecule has 0 fully saturated rings. The van der Waals surface area contributed by atoms with Gasteiger partial charge in [-0.2, -0.15) is 0 Å². The highest BCUT2D eigenvalue weighted by Crippen LogP contribution is 2.17. The Balaban J connectivity index is 1.65. The van der Waals surface area contributed by atoms with E-state index in [0.29, 0.717) is 29.4 Å². The Morgan fingerprint density at radius 2 is 1.79 bits per heavy atom. The van der Waals surface area contributed by atoms with Gasteiger partial charge in [0.15, 0.2) is 5.16 Å². The van der Waals surface area contributed by atoms with Gasteiger partial charge in [-0.15, -0.1) is 0 Å². The zero-order chi connectivity index (χ0) is 20.8. The fourth-order valence-electron chi connectivity index (χ4n) is 2.85. The van der Waals surface area contributed by atoms with E-state index in [4.69, 9.17) is 0 Å². The molecule has 0 saturated heterocycles. The number of carbonyl (C=O) groups excluding carboxylic acids is 1. The molecule has 0 aliphatic carbocycles. The zero-order valence-electron chi connectivity index (χ0n) is 16.3. The summed E-state index contributed by atoms with van der Waals surface area (Å²) in [5.74, 6) is 0.114. The lowest BCUT2D eigenvalue weighted by Gasteiger charge is -2.12. The van der Waals surface area contributed by atoms with E-state index in [-0.39, 0.29) is 17.2 Å². The molecule has 29 heavy (non-hydrogen) atoms. The molecule has 1 aromatic heterocycles. The average molecular weight is 472 g/mol. The van der Waals surface area contributed by atoms with Crippen LogP contribution in [0, 0.1) is 6.92 Å². The Hall–Kier alpha value is -2.38. The van der Waals surface area contributed by atoms with Gasteiger partial charge in [0.25, 0.3) is 5.56 Å². The summed E-state index contributed by atoms with van der Waals surface area (Å²) < 4.78 is 2.53. The van der Waals surface area contributed by atoms with E-state index in [2.05, 4.69) is 26.2 Å². The second-order valence-corrected chi connectivity index (χ2v) is 8.53.